The van der Waals surface area contributed by atoms with Gasteiger partial charge in [-0.25, -0.2) is 19.5 Å². The van der Waals surface area contributed by atoms with Gasteiger partial charge in [0, 0.05) is 29.7 Å². The van der Waals surface area contributed by atoms with Crippen molar-refractivity contribution < 1.29 is 9.90 Å². The highest BCUT2D eigenvalue weighted by Crippen LogP contribution is 2.36. The van der Waals surface area contributed by atoms with E-state index >= 15 is 0 Å². The number of rotatable bonds is 5. The smallest absolute Gasteiger partial charge is 0.255 e. The maximum Gasteiger partial charge on any atom is 0.255 e. The minimum atomic E-state index is -0.395. The van der Waals surface area contributed by atoms with E-state index in [-0.39, 0.29) is 28.2 Å². The lowest BCUT2D eigenvalue weighted by Crippen LogP contribution is -2.31. The van der Waals surface area contributed by atoms with Crippen molar-refractivity contribution >= 4 is 34.7 Å². The van der Waals surface area contributed by atoms with E-state index < -0.39 is 5.43 Å². The molecule has 0 unspecified atom stereocenters. The molecular formula is C35H26N8O3. The van der Waals surface area contributed by atoms with Gasteiger partial charge >= 0.3 is 0 Å². The molecular weight excluding hydrogens is 580 g/mol. The summed E-state index contributed by atoms with van der Waals surface area (Å²) in [7, 11) is 0. The summed E-state index contributed by atoms with van der Waals surface area (Å²) in [5.74, 6) is 0.617. The van der Waals surface area contributed by atoms with Gasteiger partial charge in [0.05, 0.1) is 46.1 Å². The molecule has 2 aromatic carbocycles. The number of aliphatic hydroxyl groups excluding tert-OH is 1. The minimum Gasteiger partial charge on any atom is -0.515 e. The molecule has 4 N–H and O–H groups in total. The number of imidazole rings is 1. The third-order valence-corrected chi connectivity index (χ3v) is 8.48. The fourth-order valence-corrected chi connectivity index (χ4v) is 6.27. The first kappa shape index (κ1) is 27.2. The predicted molar refractivity (Wildman–Crippen MR) is 174 cm³/mol. The van der Waals surface area contributed by atoms with Gasteiger partial charge in [0.2, 0.25) is 0 Å². The third kappa shape index (κ3) is 4.36. The van der Waals surface area contributed by atoms with Gasteiger partial charge in [-0.05, 0) is 60.4 Å². The molecule has 0 bridgehead atoms. The number of hydrogen-bond donors (Lipinski definition) is 3. The van der Waals surface area contributed by atoms with E-state index in [4.69, 9.17) is 15.7 Å². The number of nitrogens with two attached hydrogens (primary N) is 1. The Balaban J connectivity index is 1.20. The number of carbonyl (C=O) groups excluding carboxylic acids is 1. The first-order valence-corrected chi connectivity index (χ1v) is 14.7. The second-order valence-electron chi connectivity index (χ2n) is 11.1. The zero-order chi connectivity index (χ0) is 31.4. The number of aliphatic hydroxyl groups is 1. The van der Waals surface area contributed by atoms with Crippen molar-refractivity contribution in [3.63, 3.8) is 0 Å². The van der Waals surface area contributed by atoms with E-state index in [1.807, 2.05) is 71.3 Å². The summed E-state index contributed by atoms with van der Waals surface area (Å²) < 4.78 is 3.42. The van der Waals surface area contributed by atoms with Crippen LogP contribution in [0.2, 0.25) is 0 Å². The molecule has 0 radical (unpaired) electrons. The van der Waals surface area contributed by atoms with Gasteiger partial charge in [0.15, 0.2) is 16.9 Å². The van der Waals surface area contributed by atoms with Crippen LogP contribution in [0, 0.1) is 0 Å². The van der Waals surface area contributed by atoms with Crippen molar-refractivity contribution in [1.29, 1.82) is 0 Å². The molecule has 46 heavy (non-hydrogen) atoms. The average molecular weight is 607 g/mol. The molecule has 11 nitrogen and oxygen atoms in total. The molecule has 1 aliphatic carbocycles. The summed E-state index contributed by atoms with van der Waals surface area (Å²) in [4.78, 5) is 40.0. The summed E-state index contributed by atoms with van der Waals surface area (Å²) >= 11 is 0. The molecule has 224 valence electrons. The highest BCUT2D eigenvalue weighted by Gasteiger charge is 2.27. The van der Waals surface area contributed by atoms with Crippen LogP contribution in [-0.2, 0) is 6.42 Å². The quantitative estimate of drug-likeness (QED) is 0.264. The standard InChI is InChI=1S/C35H26N8O3/c36-32-24(7-4-15-37-32)33-40-29-13-12-27(20-5-2-1-3-6-20)39-34(29)43(33)22-9-10-23-21(17-22)8-11-28(23)41-35(46)25-18-38-42-16-14-30(45)26(19-44)31(25)42/h1-7,9-10,12-19,28,44H,8,11H2,(H2,36,37)(H,41,46)/b26-19+/t28-/m0/s1. The summed E-state index contributed by atoms with van der Waals surface area (Å²) in [5.41, 5.74) is 13.3. The van der Waals surface area contributed by atoms with E-state index in [9.17, 15) is 14.7 Å². The Morgan fingerprint density at radius 2 is 1.89 bits per heavy atom. The Bertz CT molecular complexity index is 2430. The van der Waals surface area contributed by atoms with Crippen LogP contribution >= 0.6 is 0 Å². The van der Waals surface area contributed by atoms with E-state index in [2.05, 4.69) is 21.5 Å². The average Bonchev–Trinajstić information content (AvgIpc) is 3.80. The Kier molecular flexibility index (Phi) is 6.31. The van der Waals surface area contributed by atoms with Crippen LogP contribution in [0.4, 0.5) is 5.82 Å². The Hall–Kier alpha value is -6.36. The van der Waals surface area contributed by atoms with Gasteiger partial charge in [-0.1, -0.05) is 36.4 Å². The fraction of sp³-hybridized carbons (Fsp3) is 0.0857. The molecule has 0 aliphatic heterocycles. The minimum absolute atomic E-state index is 0.0169. The highest BCUT2D eigenvalue weighted by molar-refractivity contribution is 6.01. The molecule has 8 rings (SSSR count). The Morgan fingerprint density at radius 3 is 2.72 bits per heavy atom. The van der Waals surface area contributed by atoms with Crippen LogP contribution in [0.15, 0.2) is 102 Å². The lowest BCUT2D eigenvalue weighted by atomic mass is 10.1. The van der Waals surface area contributed by atoms with Crippen LogP contribution in [-0.4, -0.2) is 40.1 Å². The first-order chi connectivity index (χ1) is 22.5. The molecule has 1 atom stereocenters. The lowest BCUT2D eigenvalue weighted by molar-refractivity contribution is 0.0938. The second kappa shape index (κ2) is 10.7. The van der Waals surface area contributed by atoms with Crippen LogP contribution in [0.1, 0.15) is 33.9 Å². The van der Waals surface area contributed by atoms with Crippen LogP contribution in [0.25, 0.3) is 51.3 Å². The van der Waals surface area contributed by atoms with Crippen molar-refractivity contribution in [3.8, 4) is 28.3 Å². The number of nitrogen functional groups attached to an aromatic ring is 1. The largest absolute Gasteiger partial charge is 0.515 e. The number of nitrogens with one attached hydrogen (secondary N) is 1. The molecule has 0 spiro atoms. The van der Waals surface area contributed by atoms with Gasteiger partial charge in [-0.15, -0.1) is 0 Å². The number of benzene rings is 2. The molecule has 5 heterocycles. The maximum atomic E-state index is 13.4. The molecule has 1 aliphatic rings. The van der Waals surface area contributed by atoms with E-state index in [1.54, 1.807) is 6.20 Å². The summed E-state index contributed by atoms with van der Waals surface area (Å²) in [6.07, 6.45) is 6.67. The lowest BCUT2D eigenvalue weighted by Gasteiger charge is -2.15. The molecule has 7 aromatic rings. The topological polar surface area (TPSA) is 153 Å². The fourth-order valence-electron chi connectivity index (χ4n) is 6.27. The number of hydrogen-bond acceptors (Lipinski definition) is 8. The normalized spacial score (nSPS) is 14.6. The molecule has 0 fully saturated rings. The number of pyridine rings is 3. The number of fused-ring (bicyclic) bond motifs is 3. The number of aryl methyl sites for hydroxylation is 1. The molecule has 11 heteroatoms. The molecule has 0 saturated carbocycles. The molecule has 5 aromatic heterocycles. The number of anilines is 1. The summed E-state index contributed by atoms with van der Waals surface area (Å²) in [6, 6.07) is 24.8. The SMILES string of the molecule is Nc1ncccc1-c1nc2ccc(-c3ccccc3)nc2n1-c1ccc2c(c1)CC[C@@H]2NC(=O)c1cnn2ccc(=O)/c(=C\O)c12. The summed E-state index contributed by atoms with van der Waals surface area (Å²) in [5, 5.41) is 17.0. The van der Waals surface area contributed by atoms with E-state index in [1.165, 1.54) is 23.0 Å². The van der Waals surface area contributed by atoms with E-state index in [0.717, 1.165) is 40.0 Å². The van der Waals surface area contributed by atoms with Crippen LogP contribution in [0.5, 0.6) is 0 Å². The van der Waals surface area contributed by atoms with Crippen molar-refractivity contribution in [2.45, 2.75) is 18.9 Å². The van der Waals surface area contributed by atoms with Crippen molar-refractivity contribution in [2.24, 2.45) is 0 Å². The van der Waals surface area contributed by atoms with Gasteiger partial charge < -0.3 is 16.2 Å². The van der Waals surface area contributed by atoms with Gasteiger partial charge in [-0.3, -0.25) is 14.2 Å². The maximum absolute atomic E-state index is 13.4. The second-order valence-corrected chi connectivity index (χ2v) is 11.1. The van der Waals surface area contributed by atoms with Gasteiger partial charge in [0.25, 0.3) is 5.91 Å². The zero-order valence-electron chi connectivity index (χ0n) is 24.3. The Labute approximate surface area is 261 Å². The van der Waals surface area contributed by atoms with Gasteiger partial charge in [-0.2, -0.15) is 5.10 Å². The van der Waals surface area contributed by atoms with Crippen molar-refractivity contribution in [3.05, 3.63) is 130 Å². The monoisotopic (exact) mass is 606 g/mol. The first-order valence-electron chi connectivity index (χ1n) is 14.7. The zero-order valence-corrected chi connectivity index (χ0v) is 24.3. The highest BCUT2D eigenvalue weighted by atomic mass is 16.2. The van der Waals surface area contributed by atoms with Crippen molar-refractivity contribution in [1.82, 2.24) is 34.4 Å². The van der Waals surface area contributed by atoms with E-state index in [0.29, 0.717) is 35.5 Å². The third-order valence-electron chi connectivity index (χ3n) is 8.48. The number of carbonyl (C=O) groups is 1. The van der Waals surface area contributed by atoms with Crippen LogP contribution < -0.4 is 21.7 Å². The number of amides is 1. The Morgan fingerprint density at radius 1 is 1.02 bits per heavy atom. The van der Waals surface area contributed by atoms with Gasteiger partial charge in [0.1, 0.15) is 11.3 Å². The number of aromatic nitrogens is 6. The molecule has 1 amide bonds. The number of nitrogens with zero attached hydrogens (tertiary/aromatic N) is 6. The van der Waals surface area contributed by atoms with Crippen molar-refractivity contribution in [2.75, 3.05) is 5.73 Å². The molecule has 0 saturated heterocycles. The predicted octanol–water partition coefficient (Wildman–Crippen LogP) is 4.17. The van der Waals surface area contributed by atoms with Crippen LogP contribution in [0.3, 0.4) is 0 Å². The summed E-state index contributed by atoms with van der Waals surface area (Å²) in [6.45, 7) is 0.